The van der Waals surface area contributed by atoms with Crippen LogP contribution in [-0.2, 0) is 10.0 Å². The van der Waals surface area contributed by atoms with Crippen LogP contribution >= 0.6 is 0 Å². The maximum Gasteiger partial charge on any atom is 0.249 e. The second-order valence-corrected chi connectivity index (χ2v) is 5.49. The summed E-state index contributed by atoms with van der Waals surface area (Å²) in [5.41, 5.74) is 0.725. The number of benzene rings is 1. The summed E-state index contributed by atoms with van der Waals surface area (Å²) in [5.74, 6) is 0.00945. The van der Waals surface area contributed by atoms with Gasteiger partial charge in [0.25, 0.3) is 0 Å². The molecule has 1 rings (SSSR count). The Kier molecular flexibility index (Phi) is 3.97. The van der Waals surface area contributed by atoms with E-state index < -0.39 is 15.3 Å². The molecule has 0 spiro atoms. The quantitative estimate of drug-likeness (QED) is 0.856. The topological polar surface area (TPSA) is 90.2 Å². The van der Waals surface area contributed by atoms with E-state index in [9.17, 15) is 13.5 Å². The van der Waals surface area contributed by atoms with Gasteiger partial charge in [0.1, 0.15) is 5.75 Å². The third kappa shape index (κ3) is 2.88. The number of aromatic hydroxyl groups is 1. The molecule has 92 valence electrons. The number of nitrogens with one attached hydrogen (secondary N) is 1. The first kappa shape index (κ1) is 13.3. The van der Waals surface area contributed by atoms with Gasteiger partial charge in [0.15, 0.2) is 5.25 Å². The number of phenols is 1. The van der Waals surface area contributed by atoms with Crippen LogP contribution in [0.2, 0.25) is 0 Å². The molecule has 1 atom stereocenters. The van der Waals surface area contributed by atoms with Crippen molar-refractivity contribution in [2.75, 3.05) is 4.72 Å². The zero-order valence-corrected chi connectivity index (χ0v) is 10.5. The Morgan fingerprint density at radius 1 is 1.53 bits per heavy atom. The van der Waals surface area contributed by atoms with E-state index in [4.69, 9.17) is 5.26 Å². The summed E-state index contributed by atoms with van der Waals surface area (Å²) in [6, 6.07) is 6.27. The molecule has 0 fully saturated rings. The minimum Gasteiger partial charge on any atom is -0.508 e. The molecule has 0 bridgehead atoms. The Morgan fingerprint density at radius 3 is 2.71 bits per heavy atom. The van der Waals surface area contributed by atoms with Crippen LogP contribution in [0.4, 0.5) is 5.69 Å². The summed E-state index contributed by atoms with van der Waals surface area (Å²) in [6.07, 6.45) is 0.212. The number of anilines is 1. The van der Waals surface area contributed by atoms with Gasteiger partial charge in [0, 0.05) is 5.56 Å². The summed E-state index contributed by atoms with van der Waals surface area (Å²) in [4.78, 5) is 0. The Bertz CT molecular complexity index is 546. The van der Waals surface area contributed by atoms with Gasteiger partial charge in [-0.25, -0.2) is 8.42 Å². The number of nitriles is 1. The van der Waals surface area contributed by atoms with Gasteiger partial charge in [-0.15, -0.1) is 0 Å². The van der Waals surface area contributed by atoms with Gasteiger partial charge in [0.2, 0.25) is 10.0 Å². The predicted octanol–water partition coefficient (Wildman–Crippen LogP) is 1.74. The van der Waals surface area contributed by atoms with Crippen molar-refractivity contribution in [2.24, 2.45) is 0 Å². The number of nitrogens with zero attached hydrogens (tertiary/aromatic N) is 1. The molecule has 0 saturated carbocycles. The molecular formula is C11H14N2O3S. The maximum atomic E-state index is 11.8. The molecule has 0 aliphatic rings. The maximum absolute atomic E-state index is 11.8. The fourth-order valence-electron chi connectivity index (χ4n) is 1.34. The first-order chi connectivity index (χ1) is 7.92. The highest BCUT2D eigenvalue weighted by atomic mass is 32.2. The third-order valence-corrected chi connectivity index (χ3v) is 4.14. The van der Waals surface area contributed by atoms with Crippen molar-refractivity contribution in [1.29, 1.82) is 5.26 Å². The molecule has 5 nitrogen and oxygen atoms in total. The van der Waals surface area contributed by atoms with Gasteiger partial charge in [-0.05, 0) is 25.5 Å². The normalized spacial score (nSPS) is 12.8. The van der Waals surface area contributed by atoms with Gasteiger partial charge >= 0.3 is 0 Å². The number of phenolic OH excluding ortho intramolecular Hbond substituents is 1. The van der Waals surface area contributed by atoms with Crippen LogP contribution in [0.3, 0.4) is 0 Å². The highest BCUT2D eigenvalue weighted by Crippen LogP contribution is 2.25. The lowest BCUT2D eigenvalue weighted by molar-refractivity contribution is 0.471. The molecule has 6 heteroatoms. The number of hydrogen-bond donors (Lipinski definition) is 2. The Labute approximate surface area is 101 Å². The second kappa shape index (κ2) is 5.06. The van der Waals surface area contributed by atoms with Crippen LogP contribution in [0.15, 0.2) is 18.2 Å². The zero-order chi connectivity index (χ0) is 13.1. The average Bonchev–Trinajstić information content (AvgIpc) is 2.26. The molecule has 0 amide bonds. The summed E-state index contributed by atoms with van der Waals surface area (Å²) < 4.78 is 25.9. The third-order valence-electron chi connectivity index (χ3n) is 2.45. The zero-order valence-electron chi connectivity index (χ0n) is 9.64. The molecule has 1 aromatic rings. The van der Waals surface area contributed by atoms with Crippen molar-refractivity contribution in [2.45, 2.75) is 25.5 Å². The lowest BCUT2D eigenvalue weighted by atomic mass is 10.2. The number of sulfonamides is 1. The highest BCUT2D eigenvalue weighted by molar-refractivity contribution is 7.93. The van der Waals surface area contributed by atoms with Crippen LogP contribution < -0.4 is 4.72 Å². The van der Waals surface area contributed by atoms with Gasteiger partial charge in [-0.3, -0.25) is 4.72 Å². The SMILES string of the molecule is CCC(C#N)S(=O)(=O)Nc1cccc(O)c1C. The summed E-state index contributed by atoms with van der Waals surface area (Å²) in [5, 5.41) is 17.1. The van der Waals surface area contributed by atoms with Gasteiger partial charge in [0.05, 0.1) is 11.8 Å². The molecule has 1 unspecified atom stereocenters. The standard InChI is InChI=1S/C11H14N2O3S/c1-3-9(7-12)17(15,16)13-10-5-4-6-11(14)8(10)2/h4-6,9,13-14H,3H2,1-2H3. The van der Waals surface area contributed by atoms with Gasteiger partial charge in [-0.1, -0.05) is 13.0 Å². The van der Waals surface area contributed by atoms with E-state index in [-0.39, 0.29) is 12.2 Å². The molecule has 1 aromatic carbocycles. The van der Waals surface area contributed by atoms with E-state index in [1.165, 1.54) is 18.2 Å². The Hall–Kier alpha value is -1.74. The first-order valence-corrected chi connectivity index (χ1v) is 6.66. The van der Waals surface area contributed by atoms with Crippen molar-refractivity contribution < 1.29 is 13.5 Å². The van der Waals surface area contributed by atoms with E-state index in [0.29, 0.717) is 11.3 Å². The lowest BCUT2D eigenvalue weighted by Crippen LogP contribution is -2.26. The van der Waals surface area contributed by atoms with E-state index in [1.54, 1.807) is 19.9 Å². The van der Waals surface area contributed by atoms with Crippen molar-refractivity contribution in [3.8, 4) is 11.8 Å². The van der Waals surface area contributed by atoms with Gasteiger partial charge in [-0.2, -0.15) is 5.26 Å². The Balaban J connectivity index is 3.07. The van der Waals surface area contributed by atoms with Crippen LogP contribution in [0.1, 0.15) is 18.9 Å². The fourth-order valence-corrected chi connectivity index (χ4v) is 2.59. The van der Waals surface area contributed by atoms with Crippen LogP contribution in [0.5, 0.6) is 5.75 Å². The van der Waals surface area contributed by atoms with Gasteiger partial charge < -0.3 is 5.11 Å². The minimum atomic E-state index is -3.74. The highest BCUT2D eigenvalue weighted by Gasteiger charge is 2.24. The largest absolute Gasteiger partial charge is 0.508 e. The fraction of sp³-hybridized carbons (Fsp3) is 0.364. The van der Waals surface area contributed by atoms with Crippen molar-refractivity contribution in [1.82, 2.24) is 0 Å². The van der Waals surface area contributed by atoms with Crippen molar-refractivity contribution in [3.63, 3.8) is 0 Å². The minimum absolute atomic E-state index is 0.00945. The summed E-state index contributed by atoms with van der Waals surface area (Å²) >= 11 is 0. The predicted molar refractivity (Wildman–Crippen MR) is 65.1 cm³/mol. The first-order valence-electron chi connectivity index (χ1n) is 5.12. The molecule has 17 heavy (non-hydrogen) atoms. The van der Waals surface area contributed by atoms with Crippen molar-refractivity contribution in [3.05, 3.63) is 23.8 Å². The summed E-state index contributed by atoms with van der Waals surface area (Å²) in [7, 11) is -3.74. The summed E-state index contributed by atoms with van der Waals surface area (Å²) in [6.45, 7) is 3.23. The number of rotatable bonds is 4. The van der Waals surface area contributed by atoms with Crippen LogP contribution in [0, 0.1) is 18.3 Å². The molecule has 0 saturated heterocycles. The monoisotopic (exact) mass is 254 g/mol. The molecular weight excluding hydrogens is 240 g/mol. The Morgan fingerprint density at radius 2 is 2.18 bits per heavy atom. The molecule has 0 radical (unpaired) electrons. The molecule has 2 N–H and O–H groups in total. The molecule has 0 aliphatic carbocycles. The van der Waals surface area contributed by atoms with Crippen LogP contribution in [-0.4, -0.2) is 18.8 Å². The smallest absolute Gasteiger partial charge is 0.249 e. The lowest BCUT2D eigenvalue weighted by Gasteiger charge is -2.13. The molecule has 0 aliphatic heterocycles. The van der Waals surface area contributed by atoms with Crippen LogP contribution in [0.25, 0.3) is 0 Å². The van der Waals surface area contributed by atoms with E-state index >= 15 is 0 Å². The van der Waals surface area contributed by atoms with E-state index in [1.807, 2.05) is 0 Å². The number of hydrogen-bond acceptors (Lipinski definition) is 4. The van der Waals surface area contributed by atoms with E-state index in [2.05, 4.69) is 4.72 Å². The molecule has 0 heterocycles. The van der Waals surface area contributed by atoms with E-state index in [0.717, 1.165) is 0 Å². The molecule has 0 aromatic heterocycles. The second-order valence-electron chi connectivity index (χ2n) is 3.62. The average molecular weight is 254 g/mol. The van der Waals surface area contributed by atoms with Crippen molar-refractivity contribution >= 4 is 15.7 Å².